The average molecular weight is 578 g/mol. The van der Waals surface area contributed by atoms with Crippen LogP contribution in [-0.2, 0) is 14.8 Å². The van der Waals surface area contributed by atoms with Crippen LogP contribution in [-0.4, -0.2) is 14.3 Å². The number of rotatable bonds is 7. The highest BCUT2D eigenvalue weighted by molar-refractivity contribution is 7.90. The Morgan fingerprint density at radius 2 is 1.68 bits per heavy atom. The van der Waals surface area contributed by atoms with Crippen LogP contribution in [0.5, 0.6) is 0 Å². The Morgan fingerprint density at radius 1 is 0.927 bits per heavy atom. The molecule has 4 aliphatic rings. The van der Waals surface area contributed by atoms with Gasteiger partial charge in [-0.2, -0.15) is 0 Å². The van der Waals surface area contributed by atoms with Crippen LogP contribution in [0.1, 0.15) is 105 Å². The summed E-state index contributed by atoms with van der Waals surface area (Å²) < 4.78 is 28.7. The summed E-state index contributed by atoms with van der Waals surface area (Å²) in [4.78, 5) is 13.2. The molecule has 2 aromatic carbocycles. The average Bonchev–Trinajstić information content (AvgIpc) is 3.32. The van der Waals surface area contributed by atoms with E-state index in [1.54, 1.807) is 18.2 Å². The van der Waals surface area contributed by atoms with Crippen molar-refractivity contribution < 1.29 is 13.2 Å². The molecule has 0 spiro atoms. The van der Waals surface area contributed by atoms with Crippen LogP contribution in [0.15, 0.2) is 47.4 Å². The molecule has 4 nitrogen and oxygen atoms in total. The SMILES string of the molecule is CC[C@H]1CC2C3CC[C@H]([C@H](C)CCC(=O)NS(=O)(=O)c4cccc5ccccc45)[C@@]3(C)CCC2[C@@]2(C)CCCC[C@@H]12. The highest BCUT2D eigenvalue weighted by Crippen LogP contribution is 2.69. The first-order valence-corrected chi connectivity index (χ1v) is 18.1. The highest BCUT2D eigenvalue weighted by Gasteiger charge is 2.61. The number of hydrogen-bond acceptors (Lipinski definition) is 3. The maximum absolute atomic E-state index is 13.2. The number of benzene rings is 2. The number of sulfonamides is 1. The largest absolute Gasteiger partial charge is 0.274 e. The Kier molecular flexibility index (Phi) is 7.83. The molecule has 41 heavy (non-hydrogen) atoms. The number of carbonyl (C=O) groups is 1. The zero-order chi connectivity index (χ0) is 29.0. The van der Waals surface area contributed by atoms with E-state index in [9.17, 15) is 13.2 Å². The highest BCUT2D eigenvalue weighted by atomic mass is 32.2. The van der Waals surface area contributed by atoms with E-state index in [-0.39, 0.29) is 17.2 Å². The molecule has 2 aromatic rings. The Bertz CT molecular complexity index is 1380. The fourth-order valence-electron chi connectivity index (χ4n) is 11.2. The van der Waals surface area contributed by atoms with Gasteiger partial charge in [0.25, 0.3) is 10.0 Å². The van der Waals surface area contributed by atoms with E-state index in [1.165, 1.54) is 64.2 Å². The molecule has 4 fully saturated rings. The number of amides is 1. The van der Waals surface area contributed by atoms with E-state index < -0.39 is 10.0 Å². The molecule has 224 valence electrons. The van der Waals surface area contributed by atoms with Gasteiger partial charge in [0, 0.05) is 11.8 Å². The van der Waals surface area contributed by atoms with Crippen molar-refractivity contribution in [1.29, 1.82) is 0 Å². The molecule has 4 saturated carbocycles. The van der Waals surface area contributed by atoms with E-state index in [0.29, 0.717) is 28.1 Å². The third-order valence-electron chi connectivity index (χ3n) is 13.2. The summed E-state index contributed by atoms with van der Waals surface area (Å²) in [6.07, 6.45) is 14.8. The summed E-state index contributed by atoms with van der Waals surface area (Å²) >= 11 is 0. The van der Waals surface area contributed by atoms with E-state index in [0.717, 1.165) is 41.4 Å². The number of nitrogens with one attached hydrogen (secondary N) is 1. The van der Waals surface area contributed by atoms with Crippen molar-refractivity contribution in [1.82, 2.24) is 4.72 Å². The first-order valence-electron chi connectivity index (χ1n) is 16.6. The second-order valence-electron chi connectivity index (χ2n) is 14.9. The van der Waals surface area contributed by atoms with Crippen LogP contribution < -0.4 is 4.72 Å². The minimum atomic E-state index is -3.92. The zero-order valence-electron chi connectivity index (χ0n) is 25.7. The molecular formula is C36H51NO3S. The van der Waals surface area contributed by atoms with Gasteiger partial charge in [0.2, 0.25) is 5.91 Å². The molecule has 1 amide bonds. The van der Waals surface area contributed by atoms with Gasteiger partial charge in [0.15, 0.2) is 0 Å². The van der Waals surface area contributed by atoms with E-state index in [2.05, 4.69) is 32.4 Å². The summed E-state index contributed by atoms with van der Waals surface area (Å²) in [5.74, 6) is 5.05. The maximum atomic E-state index is 13.2. The molecule has 0 heterocycles. The van der Waals surface area contributed by atoms with Crippen molar-refractivity contribution >= 4 is 26.7 Å². The normalized spacial score (nSPS) is 37.6. The molecule has 6 rings (SSSR count). The first kappa shape index (κ1) is 29.2. The quantitative estimate of drug-likeness (QED) is 0.358. The Labute approximate surface area is 248 Å². The molecule has 0 aromatic heterocycles. The predicted octanol–water partition coefficient (Wildman–Crippen LogP) is 8.75. The van der Waals surface area contributed by atoms with Crippen LogP contribution in [0, 0.1) is 52.3 Å². The molecule has 4 aliphatic carbocycles. The monoisotopic (exact) mass is 577 g/mol. The van der Waals surface area contributed by atoms with Gasteiger partial charge in [0.1, 0.15) is 0 Å². The second kappa shape index (κ2) is 11.0. The lowest BCUT2D eigenvalue weighted by Gasteiger charge is -2.63. The Morgan fingerprint density at radius 3 is 2.49 bits per heavy atom. The van der Waals surface area contributed by atoms with Gasteiger partial charge in [-0.3, -0.25) is 4.79 Å². The van der Waals surface area contributed by atoms with Crippen LogP contribution in [0.3, 0.4) is 0 Å². The van der Waals surface area contributed by atoms with Crippen molar-refractivity contribution in [2.24, 2.45) is 52.3 Å². The minimum Gasteiger partial charge on any atom is -0.274 e. The predicted molar refractivity (Wildman–Crippen MR) is 167 cm³/mol. The summed E-state index contributed by atoms with van der Waals surface area (Å²) in [5, 5.41) is 1.50. The molecule has 3 unspecified atom stereocenters. The lowest BCUT2D eigenvalue weighted by atomic mass is 9.42. The van der Waals surface area contributed by atoms with Crippen molar-refractivity contribution in [3.63, 3.8) is 0 Å². The Balaban J connectivity index is 1.12. The Hall–Kier alpha value is -1.88. The minimum absolute atomic E-state index is 0.173. The maximum Gasteiger partial charge on any atom is 0.264 e. The van der Waals surface area contributed by atoms with Gasteiger partial charge in [-0.15, -0.1) is 0 Å². The summed E-state index contributed by atoms with van der Waals surface area (Å²) in [6, 6.07) is 12.6. The molecule has 5 heteroatoms. The lowest BCUT2D eigenvalue weighted by Crippen LogP contribution is -2.55. The van der Waals surface area contributed by atoms with E-state index in [1.807, 2.05) is 24.3 Å². The van der Waals surface area contributed by atoms with Crippen LogP contribution in [0.4, 0.5) is 0 Å². The third kappa shape index (κ3) is 4.96. The van der Waals surface area contributed by atoms with Crippen molar-refractivity contribution in [2.45, 2.75) is 110 Å². The number of carbonyl (C=O) groups excluding carboxylic acids is 1. The fraction of sp³-hybridized carbons (Fsp3) is 0.694. The van der Waals surface area contributed by atoms with Gasteiger partial charge in [-0.05, 0) is 115 Å². The topological polar surface area (TPSA) is 63.2 Å². The number of fused-ring (bicyclic) bond motifs is 6. The molecule has 1 N–H and O–H groups in total. The van der Waals surface area contributed by atoms with Crippen molar-refractivity contribution in [3.8, 4) is 0 Å². The van der Waals surface area contributed by atoms with Gasteiger partial charge in [-0.1, -0.05) is 83.4 Å². The fourth-order valence-corrected chi connectivity index (χ4v) is 12.5. The van der Waals surface area contributed by atoms with Crippen LogP contribution in [0.2, 0.25) is 0 Å². The summed E-state index contributed by atoms with van der Waals surface area (Å²) in [6.45, 7) is 10.0. The molecular weight excluding hydrogens is 526 g/mol. The van der Waals surface area contributed by atoms with Crippen LogP contribution >= 0.6 is 0 Å². The molecule has 0 aliphatic heterocycles. The number of hydrogen-bond donors (Lipinski definition) is 1. The molecule has 9 atom stereocenters. The zero-order valence-corrected chi connectivity index (χ0v) is 26.5. The van der Waals surface area contributed by atoms with Crippen molar-refractivity contribution in [3.05, 3.63) is 42.5 Å². The summed E-state index contributed by atoms with van der Waals surface area (Å²) in [5.41, 5.74) is 0.892. The smallest absolute Gasteiger partial charge is 0.264 e. The van der Waals surface area contributed by atoms with Gasteiger partial charge in [-0.25, -0.2) is 13.1 Å². The third-order valence-corrected chi connectivity index (χ3v) is 14.6. The van der Waals surface area contributed by atoms with Crippen molar-refractivity contribution in [2.75, 3.05) is 0 Å². The molecule has 0 radical (unpaired) electrons. The second-order valence-corrected chi connectivity index (χ2v) is 16.5. The van der Waals surface area contributed by atoms with Gasteiger partial charge >= 0.3 is 0 Å². The standard InChI is InChI=1S/C36H51NO3S/c1-5-25-23-28-31-18-17-29(36(31,4)22-20-32(28)35(3)21-9-8-14-30(25)35)24(2)16-19-34(38)37-41(39,40)33-15-10-12-26-11-6-7-13-27(26)33/h6-7,10-13,15,24-25,28-32H,5,8-9,14,16-23H2,1-4H3,(H,37,38)/t24-,25+,28?,29-,30+,31?,32?,35+,36-/m1/s1. The van der Waals surface area contributed by atoms with Gasteiger partial charge in [0.05, 0.1) is 4.90 Å². The molecule has 0 saturated heterocycles. The first-order chi connectivity index (χ1) is 19.6. The van der Waals surface area contributed by atoms with Crippen LogP contribution in [0.25, 0.3) is 10.8 Å². The van der Waals surface area contributed by atoms with E-state index >= 15 is 0 Å². The molecule has 0 bridgehead atoms. The van der Waals surface area contributed by atoms with Gasteiger partial charge < -0.3 is 0 Å². The summed E-state index contributed by atoms with van der Waals surface area (Å²) in [7, 11) is -3.92. The van der Waals surface area contributed by atoms with E-state index in [4.69, 9.17) is 0 Å². The lowest BCUT2D eigenvalue weighted by molar-refractivity contribution is -0.138.